The number of aliphatic hydroxyl groups is 1. The molecule has 1 N–H and O–H groups in total. The van der Waals surface area contributed by atoms with Crippen LogP contribution in [0.4, 0.5) is 0 Å². The highest BCUT2D eigenvalue weighted by atomic mass is 16.7. The summed E-state index contributed by atoms with van der Waals surface area (Å²) in [6, 6.07) is 17.4. The van der Waals surface area contributed by atoms with Gasteiger partial charge < -0.3 is 24.1 Å². The molecule has 25 heavy (non-hydrogen) atoms. The zero-order chi connectivity index (χ0) is 17.7. The quantitative estimate of drug-likeness (QED) is 0.836. The van der Waals surface area contributed by atoms with Crippen LogP contribution in [0.2, 0.25) is 0 Å². The maximum atomic E-state index is 9.78. The van der Waals surface area contributed by atoms with E-state index in [0.29, 0.717) is 13.2 Å². The lowest BCUT2D eigenvalue weighted by Crippen LogP contribution is -2.45. The molecule has 3 rings (SSSR count). The number of benzene rings is 2. The summed E-state index contributed by atoms with van der Waals surface area (Å²) in [5.41, 5.74) is 1.24. The molecule has 3 atom stereocenters. The fourth-order valence-electron chi connectivity index (χ4n) is 2.84. The molecule has 0 spiro atoms. The van der Waals surface area contributed by atoms with Crippen molar-refractivity contribution in [2.75, 3.05) is 20.3 Å². The Labute approximate surface area is 148 Å². The molecule has 1 aliphatic rings. The third-order valence-electron chi connectivity index (χ3n) is 4.43. The van der Waals surface area contributed by atoms with Crippen molar-refractivity contribution < 1.29 is 24.1 Å². The number of ether oxygens (including phenoxy) is 4. The van der Waals surface area contributed by atoms with Crippen LogP contribution in [0.15, 0.2) is 54.6 Å². The number of hydrogen-bond acceptors (Lipinski definition) is 5. The molecule has 1 aliphatic heterocycles. The highest BCUT2D eigenvalue weighted by Gasteiger charge is 2.44. The van der Waals surface area contributed by atoms with Crippen LogP contribution in [-0.2, 0) is 20.8 Å². The first kappa shape index (κ1) is 17.9. The lowest BCUT2D eigenvalue weighted by Gasteiger charge is -2.31. The summed E-state index contributed by atoms with van der Waals surface area (Å²) in [6.45, 7) is 2.53. The second-order valence-corrected chi connectivity index (χ2v) is 6.31. The summed E-state index contributed by atoms with van der Waals surface area (Å²) in [5, 5.41) is 9.78. The number of rotatable bonds is 7. The lowest BCUT2D eigenvalue weighted by molar-refractivity contribution is -0.156. The van der Waals surface area contributed by atoms with E-state index in [0.717, 1.165) is 16.9 Å². The van der Waals surface area contributed by atoms with Crippen LogP contribution in [-0.4, -0.2) is 37.1 Å². The lowest BCUT2D eigenvalue weighted by atomic mass is 10.0. The van der Waals surface area contributed by atoms with Gasteiger partial charge in [0.05, 0.1) is 26.9 Å². The van der Waals surface area contributed by atoms with Crippen molar-refractivity contribution in [1.82, 2.24) is 0 Å². The largest absolute Gasteiger partial charge is 0.497 e. The molecule has 0 amide bonds. The molecule has 0 radical (unpaired) electrons. The fraction of sp³-hybridized carbons (Fsp3) is 0.400. The van der Waals surface area contributed by atoms with Gasteiger partial charge in [-0.15, -0.1) is 0 Å². The van der Waals surface area contributed by atoms with Gasteiger partial charge in [-0.1, -0.05) is 42.5 Å². The van der Waals surface area contributed by atoms with Gasteiger partial charge in [0.1, 0.15) is 17.5 Å². The van der Waals surface area contributed by atoms with Gasteiger partial charge in [-0.3, -0.25) is 0 Å². The number of methoxy groups -OCH3 is 1. The van der Waals surface area contributed by atoms with E-state index in [1.165, 1.54) is 0 Å². The van der Waals surface area contributed by atoms with Gasteiger partial charge in [-0.05, 0) is 24.6 Å². The zero-order valence-corrected chi connectivity index (χ0v) is 14.6. The van der Waals surface area contributed by atoms with E-state index in [9.17, 15) is 5.11 Å². The second-order valence-electron chi connectivity index (χ2n) is 6.31. The molecule has 134 valence electrons. The van der Waals surface area contributed by atoms with Crippen LogP contribution >= 0.6 is 0 Å². The normalized spacial score (nSPS) is 24.2. The Morgan fingerprint density at radius 2 is 1.88 bits per heavy atom. The van der Waals surface area contributed by atoms with Crippen molar-refractivity contribution in [3.05, 3.63) is 65.7 Å². The number of aliphatic hydroxyl groups excluding tert-OH is 1. The molecule has 1 heterocycles. The molecular weight excluding hydrogens is 320 g/mol. The topological polar surface area (TPSA) is 57.2 Å². The van der Waals surface area contributed by atoms with Crippen LogP contribution in [0.1, 0.15) is 24.3 Å². The molecule has 5 nitrogen and oxygen atoms in total. The summed E-state index contributed by atoms with van der Waals surface area (Å²) in [4.78, 5) is 0. The molecule has 0 aliphatic carbocycles. The summed E-state index contributed by atoms with van der Waals surface area (Å²) in [6.07, 6.45) is -0.957. The maximum absolute atomic E-state index is 9.78. The summed E-state index contributed by atoms with van der Waals surface area (Å²) in [5.74, 6) is 0.781. The van der Waals surface area contributed by atoms with E-state index >= 15 is 0 Å². The van der Waals surface area contributed by atoms with Crippen LogP contribution < -0.4 is 4.74 Å². The highest BCUT2D eigenvalue weighted by Crippen LogP contribution is 2.37. The molecule has 0 aromatic heterocycles. The molecule has 1 saturated heterocycles. The standard InChI is InChI=1S/C20H24O5/c1-20(18(12-21)23-13-15-6-4-3-5-7-15)14-24-19(25-20)16-8-10-17(22-2)11-9-16/h3-11,18-19,21H,12-14H2,1-2H3/t18-,19?,20+/m1/s1. The minimum Gasteiger partial charge on any atom is -0.497 e. The van der Waals surface area contributed by atoms with Gasteiger partial charge in [-0.2, -0.15) is 0 Å². The van der Waals surface area contributed by atoms with Gasteiger partial charge >= 0.3 is 0 Å². The first-order chi connectivity index (χ1) is 12.1. The predicted octanol–water partition coefficient (Wildman–Crippen LogP) is 3.08. The van der Waals surface area contributed by atoms with E-state index in [2.05, 4.69) is 0 Å². The third-order valence-corrected chi connectivity index (χ3v) is 4.43. The van der Waals surface area contributed by atoms with Crippen molar-refractivity contribution >= 4 is 0 Å². The molecular formula is C20H24O5. The smallest absolute Gasteiger partial charge is 0.184 e. The second kappa shape index (κ2) is 7.97. The van der Waals surface area contributed by atoms with Gasteiger partial charge in [-0.25, -0.2) is 0 Å². The number of hydrogen-bond donors (Lipinski definition) is 1. The van der Waals surface area contributed by atoms with E-state index < -0.39 is 18.0 Å². The Morgan fingerprint density at radius 3 is 2.52 bits per heavy atom. The zero-order valence-electron chi connectivity index (χ0n) is 14.6. The molecule has 0 bridgehead atoms. The Morgan fingerprint density at radius 1 is 1.16 bits per heavy atom. The van der Waals surface area contributed by atoms with Crippen LogP contribution in [0.5, 0.6) is 5.75 Å². The molecule has 5 heteroatoms. The highest BCUT2D eigenvalue weighted by molar-refractivity contribution is 5.28. The molecule has 2 aromatic carbocycles. The van der Waals surface area contributed by atoms with Gasteiger partial charge in [0.2, 0.25) is 0 Å². The Kier molecular flexibility index (Phi) is 5.71. The maximum Gasteiger partial charge on any atom is 0.184 e. The Hall–Kier alpha value is -1.92. The molecule has 0 saturated carbocycles. The van der Waals surface area contributed by atoms with Gasteiger partial charge in [0, 0.05) is 5.56 Å². The van der Waals surface area contributed by atoms with Gasteiger partial charge in [0.25, 0.3) is 0 Å². The van der Waals surface area contributed by atoms with Crippen molar-refractivity contribution in [3.8, 4) is 5.75 Å². The van der Waals surface area contributed by atoms with Crippen molar-refractivity contribution in [3.63, 3.8) is 0 Å². The first-order valence-electron chi connectivity index (χ1n) is 8.34. The summed E-state index contributed by atoms with van der Waals surface area (Å²) in [7, 11) is 1.63. The first-order valence-corrected chi connectivity index (χ1v) is 8.34. The molecule has 1 unspecified atom stereocenters. The van der Waals surface area contributed by atoms with E-state index in [4.69, 9.17) is 18.9 Å². The van der Waals surface area contributed by atoms with Crippen molar-refractivity contribution in [2.45, 2.75) is 31.5 Å². The van der Waals surface area contributed by atoms with Gasteiger partial charge in [0.15, 0.2) is 6.29 Å². The summed E-state index contributed by atoms with van der Waals surface area (Å²) < 4.78 is 23.0. The summed E-state index contributed by atoms with van der Waals surface area (Å²) >= 11 is 0. The fourth-order valence-corrected chi connectivity index (χ4v) is 2.84. The van der Waals surface area contributed by atoms with Crippen molar-refractivity contribution in [1.29, 1.82) is 0 Å². The monoisotopic (exact) mass is 344 g/mol. The minimum absolute atomic E-state index is 0.137. The Bertz CT molecular complexity index is 658. The average molecular weight is 344 g/mol. The van der Waals surface area contributed by atoms with Crippen LogP contribution in [0, 0.1) is 0 Å². The predicted molar refractivity (Wildman–Crippen MR) is 93.3 cm³/mol. The van der Waals surface area contributed by atoms with Crippen molar-refractivity contribution in [2.24, 2.45) is 0 Å². The van der Waals surface area contributed by atoms with Crippen LogP contribution in [0.25, 0.3) is 0 Å². The SMILES string of the molecule is COc1ccc(C2OC[C@@](C)([C@@H](CO)OCc3ccccc3)O2)cc1. The minimum atomic E-state index is -0.714. The third kappa shape index (κ3) is 4.19. The van der Waals surface area contributed by atoms with E-state index in [1.54, 1.807) is 7.11 Å². The van der Waals surface area contributed by atoms with E-state index in [1.807, 2.05) is 61.5 Å². The van der Waals surface area contributed by atoms with Crippen LogP contribution in [0.3, 0.4) is 0 Å². The Balaban J connectivity index is 1.63. The molecule has 1 fully saturated rings. The average Bonchev–Trinajstić information content (AvgIpc) is 3.06. The van der Waals surface area contributed by atoms with E-state index in [-0.39, 0.29) is 6.61 Å². The molecule has 2 aromatic rings.